The van der Waals surface area contributed by atoms with Gasteiger partial charge in [-0.05, 0) is 82.5 Å². The van der Waals surface area contributed by atoms with Crippen LogP contribution in [0.1, 0.15) is 71.1 Å². The number of carbonyl (C=O) groups excluding carboxylic acids is 2. The summed E-state index contributed by atoms with van der Waals surface area (Å²) in [4.78, 5) is 27.0. The molecule has 4 aliphatic carbocycles. The Morgan fingerprint density at radius 1 is 1.11 bits per heavy atom. The van der Waals surface area contributed by atoms with Crippen molar-refractivity contribution in [2.45, 2.75) is 88.8 Å². The highest BCUT2D eigenvalue weighted by molar-refractivity contribution is 5.79. The maximum absolute atomic E-state index is 12.6. The molecule has 5 aliphatic rings. The van der Waals surface area contributed by atoms with E-state index in [1.54, 1.807) is 0 Å². The second kappa shape index (κ2) is 7.61. The molecule has 0 aromatic rings. The number of hydrogen-bond acceptors (Lipinski definition) is 3. The quantitative estimate of drug-likeness (QED) is 0.688. The van der Waals surface area contributed by atoms with Gasteiger partial charge < -0.3 is 21.3 Å². The van der Waals surface area contributed by atoms with Crippen LogP contribution in [0.4, 0.5) is 4.79 Å². The SMILES string of the molecule is CC(N)C1CCCCN1C(=O)CCNC(=O)NC12CC3CC(CC(C3)C1)C2. The van der Waals surface area contributed by atoms with Crippen LogP contribution in [0.5, 0.6) is 0 Å². The number of rotatable bonds is 5. The van der Waals surface area contributed by atoms with E-state index in [0.29, 0.717) is 13.0 Å². The van der Waals surface area contributed by atoms with Crippen LogP contribution in [-0.2, 0) is 4.79 Å². The lowest BCUT2D eigenvalue weighted by Gasteiger charge is -2.56. The maximum atomic E-state index is 12.6. The molecule has 3 amide bonds. The van der Waals surface area contributed by atoms with E-state index < -0.39 is 0 Å². The molecular formula is C21H36N4O2. The molecule has 0 aromatic carbocycles. The first-order valence-corrected chi connectivity index (χ1v) is 11.1. The van der Waals surface area contributed by atoms with Crippen LogP contribution in [0.3, 0.4) is 0 Å². The molecular weight excluding hydrogens is 340 g/mol. The average molecular weight is 377 g/mol. The van der Waals surface area contributed by atoms with Crippen molar-refractivity contribution in [3.05, 3.63) is 0 Å². The number of nitrogens with one attached hydrogen (secondary N) is 2. The van der Waals surface area contributed by atoms with E-state index in [1.165, 1.54) is 19.3 Å². The average Bonchev–Trinajstić information content (AvgIpc) is 2.59. The number of urea groups is 1. The molecule has 5 rings (SSSR count). The Bertz CT molecular complexity index is 541. The van der Waals surface area contributed by atoms with Crippen LogP contribution in [0.15, 0.2) is 0 Å². The summed E-state index contributed by atoms with van der Waals surface area (Å²) in [7, 11) is 0. The van der Waals surface area contributed by atoms with Crippen molar-refractivity contribution < 1.29 is 9.59 Å². The monoisotopic (exact) mass is 376 g/mol. The second-order valence-corrected chi connectivity index (χ2v) is 9.84. The Kier molecular flexibility index (Phi) is 5.36. The van der Waals surface area contributed by atoms with Gasteiger partial charge in [0.15, 0.2) is 0 Å². The summed E-state index contributed by atoms with van der Waals surface area (Å²) >= 11 is 0. The van der Waals surface area contributed by atoms with Gasteiger partial charge in [0.25, 0.3) is 0 Å². The predicted molar refractivity (Wildman–Crippen MR) is 105 cm³/mol. The minimum absolute atomic E-state index is 0.00147. The molecule has 0 spiro atoms. The topological polar surface area (TPSA) is 87.5 Å². The Morgan fingerprint density at radius 3 is 2.33 bits per heavy atom. The summed E-state index contributed by atoms with van der Waals surface area (Å²) in [5.41, 5.74) is 6.09. The van der Waals surface area contributed by atoms with Crippen molar-refractivity contribution in [2.24, 2.45) is 23.5 Å². The van der Waals surface area contributed by atoms with Crippen molar-refractivity contribution in [3.8, 4) is 0 Å². The highest BCUT2D eigenvalue weighted by Crippen LogP contribution is 2.55. The zero-order valence-electron chi connectivity index (χ0n) is 16.7. The lowest BCUT2D eigenvalue weighted by atomic mass is 9.53. The van der Waals surface area contributed by atoms with Gasteiger partial charge in [0, 0.05) is 37.1 Å². The van der Waals surface area contributed by atoms with Gasteiger partial charge in [-0.25, -0.2) is 4.79 Å². The lowest BCUT2D eigenvalue weighted by Crippen LogP contribution is -2.61. The Labute approximate surface area is 163 Å². The molecule has 4 bridgehead atoms. The molecule has 5 fully saturated rings. The third kappa shape index (κ3) is 4.10. The fourth-order valence-electron chi connectivity index (χ4n) is 6.79. The van der Waals surface area contributed by atoms with E-state index in [2.05, 4.69) is 10.6 Å². The van der Waals surface area contributed by atoms with E-state index in [-0.39, 0.29) is 29.6 Å². The minimum atomic E-state index is -0.0906. The molecule has 27 heavy (non-hydrogen) atoms. The number of amides is 3. The zero-order valence-corrected chi connectivity index (χ0v) is 16.7. The first-order chi connectivity index (χ1) is 12.9. The summed E-state index contributed by atoms with van der Waals surface area (Å²) in [6.07, 6.45) is 11.1. The molecule has 4 saturated carbocycles. The molecule has 4 N–H and O–H groups in total. The molecule has 2 atom stereocenters. The summed E-state index contributed by atoms with van der Waals surface area (Å²) in [6, 6.07) is 0.0563. The van der Waals surface area contributed by atoms with Crippen LogP contribution in [0, 0.1) is 17.8 Å². The summed E-state index contributed by atoms with van der Waals surface area (Å²) in [6.45, 7) is 3.18. The fraction of sp³-hybridized carbons (Fsp3) is 0.905. The second-order valence-electron chi connectivity index (χ2n) is 9.84. The normalized spacial score (nSPS) is 38.5. The van der Waals surface area contributed by atoms with E-state index in [4.69, 9.17) is 5.73 Å². The molecule has 1 heterocycles. The van der Waals surface area contributed by atoms with Crippen molar-refractivity contribution in [3.63, 3.8) is 0 Å². The lowest BCUT2D eigenvalue weighted by molar-refractivity contribution is -0.135. The van der Waals surface area contributed by atoms with Crippen molar-refractivity contribution in [2.75, 3.05) is 13.1 Å². The third-order valence-electron chi connectivity index (χ3n) is 7.52. The van der Waals surface area contributed by atoms with Gasteiger partial charge in [0.05, 0.1) is 0 Å². The van der Waals surface area contributed by atoms with Gasteiger partial charge in [0.2, 0.25) is 5.91 Å². The summed E-state index contributed by atoms with van der Waals surface area (Å²) in [5.74, 6) is 2.55. The zero-order chi connectivity index (χ0) is 19.0. The first kappa shape index (κ1) is 19.0. The Balaban J connectivity index is 1.23. The largest absolute Gasteiger partial charge is 0.338 e. The fourth-order valence-corrected chi connectivity index (χ4v) is 6.79. The smallest absolute Gasteiger partial charge is 0.315 e. The number of nitrogens with zero attached hydrogens (tertiary/aromatic N) is 1. The molecule has 152 valence electrons. The molecule has 1 saturated heterocycles. The van der Waals surface area contributed by atoms with Gasteiger partial charge in [-0.3, -0.25) is 4.79 Å². The first-order valence-electron chi connectivity index (χ1n) is 11.1. The van der Waals surface area contributed by atoms with Crippen molar-refractivity contribution >= 4 is 11.9 Å². The molecule has 6 nitrogen and oxygen atoms in total. The van der Waals surface area contributed by atoms with Crippen LogP contribution in [0.2, 0.25) is 0 Å². The summed E-state index contributed by atoms with van der Waals surface area (Å²) < 4.78 is 0. The number of likely N-dealkylation sites (tertiary alicyclic amines) is 1. The van der Waals surface area contributed by atoms with Crippen LogP contribution >= 0.6 is 0 Å². The molecule has 1 aliphatic heterocycles. The van der Waals surface area contributed by atoms with Crippen molar-refractivity contribution in [1.29, 1.82) is 0 Å². The maximum Gasteiger partial charge on any atom is 0.315 e. The van der Waals surface area contributed by atoms with Gasteiger partial charge in [-0.15, -0.1) is 0 Å². The van der Waals surface area contributed by atoms with Crippen molar-refractivity contribution in [1.82, 2.24) is 15.5 Å². The van der Waals surface area contributed by atoms with E-state index in [1.807, 2.05) is 11.8 Å². The van der Waals surface area contributed by atoms with Crippen LogP contribution < -0.4 is 16.4 Å². The van der Waals surface area contributed by atoms with Gasteiger partial charge in [-0.2, -0.15) is 0 Å². The predicted octanol–water partition coefficient (Wildman–Crippen LogP) is 2.37. The van der Waals surface area contributed by atoms with Gasteiger partial charge >= 0.3 is 6.03 Å². The highest BCUT2D eigenvalue weighted by atomic mass is 16.2. The molecule has 2 unspecified atom stereocenters. The molecule has 0 aromatic heterocycles. The highest BCUT2D eigenvalue weighted by Gasteiger charge is 2.51. The Morgan fingerprint density at radius 2 is 1.74 bits per heavy atom. The third-order valence-corrected chi connectivity index (χ3v) is 7.52. The van der Waals surface area contributed by atoms with Crippen LogP contribution in [0.25, 0.3) is 0 Å². The number of piperidine rings is 1. The standard InChI is InChI=1S/C21H36N4O2/c1-14(22)18-4-2-3-7-25(18)19(26)5-6-23-20(27)24-21-11-15-8-16(12-21)10-17(9-15)13-21/h14-18H,2-13,22H2,1H3,(H2,23,24,27). The Hall–Kier alpha value is -1.30. The van der Waals surface area contributed by atoms with E-state index in [9.17, 15) is 9.59 Å². The summed E-state index contributed by atoms with van der Waals surface area (Å²) in [5, 5.41) is 6.25. The van der Waals surface area contributed by atoms with Crippen LogP contribution in [-0.4, -0.2) is 47.6 Å². The van der Waals surface area contributed by atoms with Gasteiger partial charge in [0.1, 0.15) is 0 Å². The minimum Gasteiger partial charge on any atom is -0.338 e. The van der Waals surface area contributed by atoms with E-state index in [0.717, 1.165) is 62.8 Å². The number of hydrogen-bond donors (Lipinski definition) is 3. The number of carbonyl (C=O) groups is 2. The molecule has 6 heteroatoms. The van der Waals surface area contributed by atoms with Gasteiger partial charge in [-0.1, -0.05) is 0 Å². The van der Waals surface area contributed by atoms with E-state index >= 15 is 0 Å². The number of nitrogens with two attached hydrogens (primary N) is 1. The molecule has 0 radical (unpaired) electrons.